The number of aliphatic carboxylic acids is 1. The van der Waals surface area contributed by atoms with Crippen molar-refractivity contribution in [1.29, 1.82) is 0 Å². The van der Waals surface area contributed by atoms with Crippen molar-refractivity contribution in [2.45, 2.75) is 228 Å². The third-order valence-electron chi connectivity index (χ3n) is 18.0. The fraction of sp³-hybridized carbons (Fsp3) is 0.915. The van der Waals surface area contributed by atoms with Crippen molar-refractivity contribution in [2.75, 3.05) is 6.61 Å². The van der Waals surface area contributed by atoms with Crippen LogP contribution in [0.1, 0.15) is 105 Å². The monoisotopic (exact) mass is 956 g/mol. The van der Waals surface area contributed by atoms with Gasteiger partial charge >= 0.3 is 11.9 Å². The molecule has 0 bridgehead atoms. The molecule has 9 N–H and O–H groups in total. The Morgan fingerprint density at radius 2 is 1.22 bits per heavy atom. The zero-order valence-electron chi connectivity index (χ0n) is 38.9. The normalized spacial score (nSPS) is 54.6. The first-order chi connectivity index (χ1) is 31.6. The number of cyclic esters (lactones) is 1. The lowest BCUT2D eigenvalue weighted by atomic mass is 9.42. The van der Waals surface area contributed by atoms with Crippen molar-refractivity contribution in [3.8, 4) is 0 Å². The summed E-state index contributed by atoms with van der Waals surface area (Å²) >= 11 is 0. The molecule has 0 amide bonds. The lowest BCUT2D eigenvalue weighted by molar-refractivity contribution is -0.352. The second kappa shape index (κ2) is 18.9. The van der Waals surface area contributed by atoms with Crippen molar-refractivity contribution in [1.82, 2.24) is 0 Å². The molecule has 9 rings (SSSR count). The van der Waals surface area contributed by atoms with Crippen LogP contribution in [0, 0.1) is 34.5 Å². The topological polar surface area (TPSA) is 299 Å². The molecule has 4 aliphatic carbocycles. The summed E-state index contributed by atoms with van der Waals surface area (Å²) in [5, 5.41) is 98.1. The highest BCUT2D eigenvalue weighted by atomic mass is 16.8. The Morgan fingerprint density at radius 3 is 1.76 bits per heavy atom. The molecule has 67 heavy (non-hydrogen) atoms. The second-order valence-corrected chi connectivity index (χ2v) is 21.7. The lowest BCUT2D eigenvalue weighted by Gasteiger charge is -2.65. The van der Waals surface area contributed by atoms with Crippen molar-refractivity contribution in [2.24, 2.45) is 34.5 Å². The van der Waals surface area contributed by atoms with E-state index in [9.17, 15) is 55.5 Å². The number of aliphatic hydroxyl groups excluding tert-OH is 7. The molecule has 9 aliphatic rings. The third-order valence-corrected chi connectivity index (χ3v) is 18.0. The summed E-state index contributed by atoms with van der Waals surface area (Å²) < 4.78 is 53.4. The van der Waals surface area contributed by atoms with Crippen LogP contribution < -0.4 is 0 Å². The molecule has 20 nitrogen and oxygen atoms in total. The van der Waals surface area contributed by atoms with Crippen LogP contribution in [0.5, 0.6) is 0 Å². The van der Waals surface area contributed by atoms with Gasteiger partial charge in [-0.25, -0.2) is 9.59 Å². The summed E-state index contributed by atoms with van der Waals surface area (Å²) in [5.41, 5.74) is -1.02. The standard InChI is InChI=1S/C47H72O20/c1-19-39(64-34-16-29(49)40(20(2)61-34)65-35-17-30(50)41(21(3)62-35)66-44-38(55)36(53)37(54)42(67-44)43(56)57)28(48)15-33(60-19)63-24-8-10-45(4)23(13-24)6-7-26-27(45)14-31(51)46(5)25(9-11-47(26,46)58)22-12-32(52)59-18-22/h12,19-21,23-31,33-42,44,48-51,53-55,58H,6-11,13-18H2,1-5H3,(H,56,57)/t19-,20-,21-,23-,24+,25-,26-,27+,28+,29+,30+,31-,33+,34+,35+,36+,37+,38-,39-,40-,41-,42+,44-,45+,46+,47+/m1/s1. The van der Waals surface area contributed by atoms with Crippen LogP contribution in [-0.2, 0) is 52.2 Å². The summed E-state index contributed by atoms with van der Waals surface area (Å²) in [6, 6.07) is 0. The Kier molecular flexibility index (Phi) is 14.1. The van der Waals surface area contributed by atoms with E-state index in [0.29, 0.717) is 25.2 Å². The van der Waals surface area contributed by atoms with Gasteiger partial charge in [0.25, 0.3) is 0 Å². The first kappa shape index (κ1) is 50.0. The number of rotatable bonds is 10. The van der Waals surface area contributed by atoms with E-state index in [1.54, 1.807) is 26.8 Å². The van der Waals surface area contributed by atoms with Gasteiger partial charge in [0.15, 0.2) is 31.3 Å². The van der Waals surface area contributed by atoms with E-state index >= 15 is 0 Å². The Hall–Kier alpha value is -1.96. The number of carboxylic acids is 1. The number of carbonyl (C=O) groups excluding carboxylic acids is 1. The first-order valence-electron chi connectivity index (χ1n) is 24.4. The summed E-state index contributed by atoms with van der Waals surface area (Å²) in [6.07, 6.45) is -13.2. The van der Waals surface area contributed by atoms with E-state index < -0.39 is 128 Å². The molecular formula is C47H72O20. The summed E-state index contributed by atoms with van der Waals surface area (Å²) in [5.74, 6) is -1.53. The minimum atomic E-state index is -1.90. The molecule has 5 heterocycles. The van der Waals surface area contributed by atoms with Gasteiger partial charge in [-0.2, -0.15) is 0 Å². The van der Waals surface area contributed by atoms with E-state index in [1.807, 2.05) is 6.92 Å². The molecule has 0 unspecified atom stereocenters. The van der Waals surface area contributed by atoms with Crippen LogP contribution in [0.4, 0.5) is 0 Å². The average Bonchev–Trinajstić information content (AvgIpc) is 3.82. The van der Waals surface area contributed by atoms with Gasteiger partial charge in [0, 0.05) is 30.8 Å². The van der Waals surface area contributed by atoms with Crippen LogP contribution in [-0.4, -0.2) is 187 Å². The summed E-state index contributed by atoms with van der Waals surface area (Å²) in [4.78, 5) is 23.5. The number of carboxylic acid groups (broad SMARTS) is 1. The van der Waals surface area contributed by atoms with Gasteiger partial charge in [0.05, 0.1) is 54.4 Å². The zero-order valence-corrected chi connectivity index (χ0v) is 38.9. The number of hydrogen-bond donors (Lipinski definition) is 9. The number of esters is 1. The zero-order chi connectivity index (χ0) is 48.1. The lowest BCUT2D eigenvalue weighted by Crippen LogP contribution is -2.67. The van der Waals surface area contributed by atoms with Crippen molar-refractivity contribution >= 4 is 11.9 Å². The average molecular weight is 957 g/mol. The summed E-state index contributed by atoms with van der Waals surface area (Å²) in [7, 11) is 0. The minimum absolute atomic E-state index is 0.0103. The van der Waals surface area contributed by atoms with Crippen LogP contribution >= 0.6 is 0 Å². The molecule has 20 heteroatoms. The molecule has 4 saturated heterocycles. The van der Waals surface area contributed by atoms with Crippen molar-refractivity contribution < 1.29 is 98.2 Å². The van der Waals surface area contributed by atoms with Gasteiger partial charge in [-0.3, -0.25) is 0 Å². The Morgan fingerprint density at radius 1 is 0.657 bits per heavy atom. The molecule has 0 aromatic carbocycles. The number of carbonyl (C=O) groups is 2. The molecule has 0 spiro atoms. The maximum atomic E-state index is 12.6. The molecule has 0 aromatic rings. The molecular weight excluding hydrogens is 884 g/mol. The number of aliphatic hydroxyl groups is 8. The van der Waals surface area contributed by atoms with Crippen LogP contribution in [0.25, 0.3) is 0 Å². The Labute approximate surface area is 389 Å². The van der Waals surface area contributed by atoms with E-state index in [1.165, 1.54) is 0 Å². The number of hydrogen-bond acceptors (Lipinski definition) is 19. The van der Waals surface area contributed by atoms with Gasteiger partial charge in [-0.05, 0) is 107 Å². The maximum absolute atomic E-state index is 12.6. The smallest absolute Gasteiger partial charge is 0.335 e. The van der Waals surface area contributed by atoms with Gasteiger partial charge in [-0.1, -0.05) is 13.8 Å². The van der Waals surface area contributed by atoms with E-state index in [0.717, 1.165) is 37.7 Å². The van der Waals surface area contributed by atoms with Crippen LogP contribution in [0.3, 0.4) is 0 Å². The molecule has 5 aliphatic heterocycles. The minimum Gasteiger partial charge on any atom is -0.479 e. The first-order valence-corrected chi connectivity index (χ1v) is 24.4. The molecule has 4 saturated carbocycles. The number of fused-ring (bicyclic) bond motifs is 5. The van der Waals surface area contributed by atoms with Gasteiger partial charge in [0.2, 0.25) is 0 Å². The predicted molar refractivity (Wildman–Crippen MR) is 226 cm³/mol. The molecule has 380 valence electrons. The quantitative estimate of drug-likeness (QED) is 0.104. The third kappa shape index (κ3) is 8.83. The summed E-state index contributed by atoms with van der Waals surface area (Å²) in [6.45, 7) is 9.62. The van der Waals surface area contributed by atoms with Gasteiger partial charge in [-0.15, -0.1) is 0 Å². The van der Waals surface area contributed by atoms with Crippen molar-refractivity contribution in [3.63, 3.8) is 0 Å². The molecule has 26 atom stereocenters. The molecule has 8 fully saturated rings. The fourth-order valence-corrected chi connectivity index (χ4v) is 14.3. The van der Waals surface area contributed by atoms with E-state index in [2.05, 4.69) is 6.92 Å². The fourth-order valence-electron chi connectivity index (χ4n) is 14.3. The van der Waals surface area contributed by atoms with Crippen molar-refractivity contribution in [3.05, 3.63) is 11.6 Å². The SMILES string of the molecule is C[C@H]1O[C@@H](O[C@H]2CC[C@@]3(C)[C@H](CC[C@@H]4[C@@H]3C[C@@H](O)[C@]3(C)[C@@H](C5=CC(=O)OC5)CC[C@]43O)C2)C[C@H](O)[C@@H]1O[C@H]1C[C@H](O)[C@H](O[C@H]2C[C@H](O)[C@H](O[C@@H]3O[C@H](C(=O)O)[C@@H](O)[C@H](O)[C@H]3O)[C@@H](C)O2)[C@@H](C)O1. The highest BCUT2D eigenvalue weighted by Gasteiger charge is 2.71. The number of ether oxygens (including phenoxy) is 9. The van der Waals surface area contributed by atoms with Gasteiger partial charge < -0.3 is 88.6 Å². The highest BCUT2D eigenvalue weighted by Crippen LogP contribution is 2.70. The maximum Gasteiger partial charge on any atom is 0.335 e. The molecule has 0 radical (unpaired) electrons. The predicted octanol–water partition coefficient (Wildman–Crippen LogP) is 0.135. The van der Waals surface area contributed by atoms with Gasteiger partial charge in [0.1, 0.15) is 43.2 Å². The van der Waals surface area contributed by atoms with Crippen LogP contribution in [0.15, 0.2) is 11.6 Å². The molecule has 0 aromatic heterocycles. The Bertz CT molecular complexity index is 1800. The van der Waals surface area contributed by atoms with E-state index in [-0.39, 0.29) is 61.1 Å². The second-order valence-electron chi connectivity index (χ2n) is 21.7. The Balaban J connectivity index is 0.737. The van der Waals surface area contributed by atoms with Crippen LogP contribution in [0.2, 0.25) is 0 Å². The largest absolute Gasteiger partial charge is 0.479 e. The highest BCUT2D eigenvalue weighted by molar-refractivity contribution is 5.85. The van der Waals surface area contributed by atoms with E-state index in [4.69, 9.17) is 42.6 Å².